The summed E-state index contributed by atoms with van der Waals surface area (Å²) in [5.74, 6) is 0.920. The van der Waals surface area contributed by atoms with Gasteiger partial charge in [-0.25, -0.2) is 0 Å². The lowest BCUT2D eigenvalue weighted by Crippen LogP contribution is -2.83. The molecule has 1 aliphatic heterocycles. The van der Waals surface area contributed by atoms with Crippen LogP contribution in [0, 0.1) is 6.92 Å². The smallest absolute Gasteiger partial charge is 0.118 e. The molecule has 2 atom stereocenters. The number of hydrogen-bond donors (Lipinski definition) is 1. The van der Waals surface area contributed by atoms with Crippen LogP contribution < -0.4 is 10.1 Å². The molecule has 2 aromatic rings. The van der Waals surface area contributed by atoms with Gasteiger partial charge < -0.3 is 14.8 Å². The monoisotopic (exact) mass is 382 g/mol. The van der Waals surface area contributed by atoms with Crippen molar-refractivity contribution in [2.24, 2.45) is 0 Å². The summed E-state index contributed by atoms with van der Waals surface area (Å²) in [6, 6.07) is 17.6. The molecule has 0 unspecified atom stereocenters. The van der Waals surface area contributed by atoms with E-state index in [1.54, 1.807) is 7.11 Å². The van der Waals surface area contributed by atoms with Gasteiger partial charge in [-0.15, -0.1) is 0 Å². The molecule has 152 valence electrons. The van der Waals surface area contributed by atoms with E-state index in [1.165, 1.54) is 23.1 Å². The summed E-state index contributed by atoms with van der Waals surface area (Å²) >= 11 is 0. The van der Waals surface area contributed by atoms with Crippen molar-refractivity contribution in [1.82, 2.24) is 0 Å². The summed E-state index contributed by atoms with van der Waals surface area (Å²) in [7, 11) is 1.71. The maximum absolute atomic E-state index is 6.19. The summed E-state index contributed by atoms with van der Waals surface area (Å²) in [4.78, 5) is 0. The first-order chi connectivity index (χ1) is 13.5. The standard InChI is InChI=1S/C25H35NO2/c1-5-24(3)19-25(15-17-28-24,22-10-6-20(2)7-11-22)14-16-26-18-21-8-12-23(27-4)13-9-21/h6-13,26H,5,14-19H2,1-4H3/p+1/t24-,25-/m1/s1. The van der Waals surface area contributed by atoms with Gasteiger partial charge in [0.15, 0.2) is 0 Å². The van der Waals surface area contributed by atoms with E-state index in [9.17, 15) is 0 Å². The molecule has 0 amide bonds. The van der Waals surface area contributed by atoms with Crippen molar-refractivity contribution in [3.05, 3.63) is 65.2 Å². The van der Waals surface area contributed by atoms with Gasteiger partial charge in [0.2, 0.25) is 0 Å². The molecule has 2 N–H and O–H groups in total. The number of methoxy groups -OCH3 is 1. The van der Waals surface area contributed by atoms with E-state index in [4.69, 9.17) is 9.47 Å². The Kier molecular flexibility index (Phi) is 6.79. The Labute approximate surface area is 170 Å². The Balaban J connectivity index is 1.68. The van der Waals surface area contributed by atoms with E-state index in [0.717, 1.165) is 44.7 Å². The topological polar surface area (TPSA) is 35.1 Å². The maximum atomic E-state index is 6.19. The average molecular weight is 383 g/mol. The molecule has 3 nitrogen and oxygen atoms in total. The Morgan fingerprint density at radius 1 is 1.07 bits per heavy atom. The first-order valence-electron chi connectivity index (χ1n) is 10.6. The van der Waals surface area contributed by atoms with Crippen molar-refractivity contribution in [2.45, 2.75) is 64.0 Å². The fraction of sp³-hybridized carbons (Fsp3) is 0.520. The minimum atomic E-state index is -0.0148. The van der Waals surface area contributed by atoms with Crippen LogP contribution in [-0.2, 0) is 16.7 Å². The third-order valence-electron chi connectivity index (χ3n) is 6.52. The Morgan fingerprint density at radius 3 is 2.43 bits per heavy atom. The second-order valence-electron chi connectivity index (χ2n) is 8.60. The molecule has 0 saturated carbocycles. The van der Waals surface area contributed by atoms with Crippen LogP contribution in [0.1, 0.15) is 56.2 Å². The Hall–Kier alpha value is -1.84. The number of ether oxygens (including phenoxy) is 2. The molecule has 0 radical (unpaired) electrons. The van der Waals surface area contributed by atoms with Crippen molar-refractivity contribution < 1.29 is 14.8 Å². The third-order valence-corrected chi connectivity index (χ3v) is 6.52. The number of hydrogen-bond acceptors (Lipinski definition) is 2. The highest BCUT2D eigenvalue weighted by Crippen LogP contribution is 2.45. The van der Waals surface area contributed by atoms with Gasteiger partial charge in [0, 0.05) is 24.0 Å². The first-order valence-corrected chi connectivity index (χ1v) is 10.6. The van der Waals surface area contributed by atoms with E-state index >= 15 is 0 Å². The van der Waals surface area contributed by atoms with E-state index < -0.39 is 0 Å². The predicted molar refractivity (Wildman–Crippen MR) is 115 cm³/mol. The van der Waals surface area contributed by atoms with E-state index in [2.05, 4.69) is 62.5 Å². The van der Waals surface area contributed by atoms with Gasteiger partial charge in [-0.1, -0.05) is 36.8 Å². The number of nitrogens with two attached hydrogens (primary N) is 1. The van der Waals surface area contributed by atoms with Gasteiger partial charge in [0.25, 0.3) is 0 Å². The zero-order chi connectivity index (χ0) is 20.0. The molecule has 1 heterocycles. The molecule has 3 heteroatoms. The van der Waals surface area contributed by atoms with Gasteiger partial charge in [-0.2, -0.15) is 0 Å². The molecule has 3 rings (SSSR count). The molecule has 0 spiro atoms. The summed E-state index contributed by atoms with van der Waals surface area (Å²) < 4.78 is 11.4. The van der Waals surface area contributed by atoms with E-state index in [-0.39, 0.29) is 11.0 Å². The molecular formula is C25H36NO2+. The summed E-state index contributed by atoms with van der Waals surface area (Å²) in [5.41, 5.74) is 4.36. The molecular weight excluding hydrogens is 346 g/mol. The van der Waals surface area contributed by atoms with Gasteiger partial charge in [0.1, 0.15) is 12.3 Å². The quantitative estimate of drug-likeness (QED) is 0.688. The zero-order valence-electron chi connectivity index (χ0n) is 18.0. The largest absolute Gasteiger partial charge is 0.497 e. The van der Waals surface area contributed by atoms with Crippen molar-refractivity contribution in [1.29, 1.82) is 0 Å². The van der Waals surface area contributed by atoms with Crippen molar-refractivity contribution in [2.75, 3.05) is 20.3 Å². The molecule has 0 aliphatic carbocycles. The molecule has 2 aromatic carbocycles. The maximum Gasteiger partial charge on any atom is 0.118 e. The van der Waals surface area contributed by atoms with Crippen LogP contribution in [0.3, 0.4) is 0 Å². The number of rotatable bonds is 8. The van der Waals surface area contributed by atoms with Crippen LogP contribution in [0.2, 0.25) is 0 Å². The van der Waals surface area contributed by atoms with E-state index in [0.29, 0.717) is 0 Å². The summed E-state index contributed by atoms with van der Waals surface area (Å²) in [6.45, 7) is 9.70. The summed E-state index contributed by atoms with van der Waals surface area (Å²) in [5, 5.41) is 2.44. The third kappa shape index (κ3) is 4.95. The fourth-order valence-corrected chi connectivity index (χ4v) is 4.50. The molecule has 1 saturated heterocycles. The molecule has 1 fully saturated rings. The Bertz CT molecular complexity index is 740. The minimum absolute atomic E-state index is 0.0148. The number of aryl methyl sites for hydroxylation is 1. The highest BCUT2D eigenvalue weighted by atomic mass is 16.5. The van der Waals surface area contributed by atoms with Crippen LogP contribution in [0.25, 0.3) is 0 Å². The molecule has 1 aliphatic rings. The lowest BCUT2D eigenvalue weighted by Gasteiger charge is -2.46. The van der Waals surface area contributed by atoms with Crippen LogP contribution in [0.4, 0.5) is 0 Å². The number of benzene rings is 2. The first kappa shape index (κ1) is 20.9. The lowest BCUT2D eigenvalue weighted by molar-refractivity contribution is -0.672. The lowest BCUT2D eigenvalue weighted by atomic mass is 9.66. The highest BCUT2D eigenvalue weighted by Gasteiger charge is 2.43. The van der Waals surface area contributed by atoms with Crippen molar-refractivity contribution in [3.63, 3.8) is 0 Å². The normalized spacial score (nSPS) is 24.9. The van der Waals surface area contributed by atoms with Crippen LogP contribution in [0.15, 0.2) is 48.5 Å². The second kappa shape index (κ2) is 9.11. The van der Waals surface area contributed by atoms with Crippen LogP contribution >= 0.6 is 0 Å². The fourth-order valence-electron chi connectivity index (χ4n) is 4.50. The molecule has 0 bridgehead atoms. The van der Waals surface area contributed by atoms with Gasteiger partial charge in [-0.3, -0.25) is 0 Å². The number of quaternary nitrogens is 1. The SMILES string of the molecule is CC[C@]1(C)C[C@](CC[NH2+]Cc2ccc(OC)cc2)(c2ccc(C)cc2)CCO1. The van der Waals surface area contributed by atoms with Crippen LogP contribution in [0.5, 0.6) is 5.75 Å². The van der Waals surface area contributed by atoms with Gasteiger partial charge >= 0.3 is 0 Å². The molecule has 0 aromatic heterocycles. The van der Waals surface area contributed by atoms with Crippen LogP contribution in [-0.4, -0.2) is 25.9 Å². The Morgan fingerprint density at radius 2 is 1.79 bits per heavy atom. The minimum Gasteiger partial charge on any atom is -0.497 e. The van der Waals surface area contributed by atoms with Gasteiger partial charge in [-0.05, 0) is 62.9 Å². The predicted octanol–water partition coefficient (Wildman–Crippen LogP) is 4.37. The van der Waals surface area contributed by atoms with E-state index in [1.807, 2.05) is 12.1 Å². The van der Waals surface area contributed by atoms with Crippen molar-refractivity contribution >= 4 is 0 Å². The van der Waals surface area contributed by atoms with Crippen molar-refractivity contribution in [3.8, 4) is 5.75 Å². The van der Waals surface area contributed by atoms with Gasteiger partial charge in [0.05, 0.1) is 19.3 Å². The zero-order valence-corrected chi connectivity index (χ0v) is 18.0. The molecule has 28 heavy (non-hydrogen) atoms. The average Bonchev–Trinajstić information content (AvgIpc) is 2.72. The highest BCUT2D eigenvalue weighted by molar-refractivity contribution is 5.30. The summed E-state index contributed by atoms with van der Waals surface area (Å²) in [6.07, 6.45) is 4.47. The second-order valence-corrected chi connectivity index (χ2v) is 8.60.